The second kappa shape index (κ2) is 18.8. The van der Waals surface area contributed by atoms with Crippen molar-refractivity contribution >= 4 is 29.1 Å². The van der Waals surface area contributed by atoms with Crippen molar-refractivity contribution in [1.82, 2.24) is 9.88 Å². The predicted octanol–water partition coefficient (Wildman–Crippen LogP) is 4.49. The quantitative estimate of drug-likeness (QED) is 0.0983. The Morgan fingerprint density at radius 1 is 0.902 bits per heavy atom. The number of aryl methyl sites for hydroxylation is 1. The lowest BCUT2D eigenvalue weighted by atomic mass is 9.93. The first-order valence-corrected chi connectivity index (χ1v) is 18.3. The van der Waals surface area contributed by atoms with Crippen molar-refractivity contribution in [3.05, 3.63) is 81.6 Å². The van der Waals surface area contributed by atoms with E-state index in [9.17, 15) is 25.2 Å². The molecule has 1 amide bonds. The monoisotopic (exact) mass is 746 g/mol. The molecule has 0 bridgehead atoms. The van der Waals surface area contributed by atoms with Gasteiger partial charge in [0.15, 0.2) is 6.10 Å². The maximum Gasteiger partial charge on any atom is 0.254 e. The number of aliphatic hydroxyl groups is 5. The number of aromatic nitrogens is 1. The van der Waals surface area contributed by atoms with Crippen molar-refractivity contribution in [3.63, 3.8) is 0 Å². The van der Waals surface area contributed by atoms with Crippen LogP contribution in [-0.4, -0.2) is 111 Å². The molecule has 0 saturated heterocycles. The lowest BCUT2D eigenvalue weighted by molar-refractivity contribution is -0.158. The van der Waals surface area contributed by atoms with Crippen molar-refractivity contribution in [2.75, 3.05) is 33.4 Å². The summed E-state index contributed by atoms with van der Waals surface area (Å²) in [4.78, 5) is 19.0. The molecule has 2 saturated carbocycles. The minimum absolute atomic E-state index is 0.104. The van der Waals surface area contributed by atoms with Gasteiger partial charge in [0.05, 0.1) is 18.8 Å². The second-order valence-electron chi connectivity index (χ2n) is 13.3. The molecule has 2 aliphatic rings. The number of carbonyl (C=O) groups is 1. The van der Waals surface area contributed by atoms with Crippen molar-refractivity contribution < 1.29 is 44.5 Å². The summed E-state index contributed by atoms with van der Waals surface area (Å²) in [5.41, 5.74) is 4.35. The van der Waals surface area contributed by atoms with Crippen LogP contribution in [0.3, 0.4) is 0 Å². The van der Waals surface area contributed by atoms with Crippen LogP contribution in [0.1, 0.15) is 67.7 Å². The minimum Gasteiger partial charge on any atom is -0.490 e. The number of nitrogens with zero attached hydrogens (tertiary/aromatic N) is 2. The number of amides is 1. The first-order valence-electron chi connectivity index (χ1n) is 17.6. The SMILES string of the molecule is COCCCN(CCCCc1cc(Cl)c(C(OC2CC2)c2cnccc2-c2ccccc2OC2CC2)cc1Cl)C(=O)[C@@H](O)[C@@H](O)[C@H](O)[C@@H](O)CO. The van der Waals surface area contributed by atoms with Crippen LogP contribution in [-0.2, 0) is 20.7 Å². The zero-order valence-corrected chi connectivity index (χ0v) is 30.3. The number of methoxy groups -OCH3 is 1. The summed E-state index contributed by atoms with van der Waals surface area (Å²) >= 11 is 13.9. The molecule has 2 aliphatic carbocycles. The molecule has 0 radical (unpaired) electrons. The number of benzene rings is 2. The third-order valence-electron chi connectivity index (χ3n) is 9.15. The molecule has 13 heteroatoms. The third-order valence-corrected chi connectivity index (χ3v) is 9.83. The predicted molar refractivity (Wildman–Crippen MR) is 193 cm³/mol. The fraction of sp³-hybridized carbons (Fsp3) is 0.526. The zero-order chi connectivity index (χ0) is 36.5. The Kier molecular flexibility index (Phi) is 14.5. The number of halogens is 2. The topological polar surface area (TPSA) is 162 Å². The summed E-state index contributed by atoms with van der Waals surface area (Å²) in [5.74, 6) is 0.0197. The van der Waals surface area contributed by atoms with Gasteiger partial charge in [0.1, 0.15) is 30.2 Å². The van der Waals surface area contributed by atoms with Gasteiger partial charge in [-0.1, -0.05) is 41.4 Å². The van der Waals surface area contributed by atoms with E-state index >= 15 is 0 Å². The van der Waals surface area contributed by atoms with Crippen LogP contribution >= 0.6 is 23.2 Å². The smallest absolute Gasteiger partial charge is 0.254 e. The molecule has 11 nitrogen and oxygen atoms in total. The first-order chi connectivity index (χ1) is 24.6. The minimum atomic E-state index is -1.99. The zero-order valence-electron chi connectivity index (χ0n) is 28.7. The van der Waals surface area contributed by atoms with Gasteiger partial charge in [0.25, 0.3) is 5.91 Å². The van der Waals surface area contributed by atoms with Crippen LogP contribution in [0.5, 0.6) is 5.75 Å². The summed E-state index contributed by atoms with van der Waals surface area (Å²) in [6.45, 7) is 0.0302. The molecular weight excluding hydrogens is 699 g/mol. The molecule has 5 N–H and O–H groups in total. The highest BCUT2D eigenvalue weighted by molar-refractivity contribution is 6.34. The molecule has 0 aliphatic heterocycles. The number of para-hydroxylation sites is 1. The van der Waals surface area contributed by atoms with Gasteiger partial charge in [-0.25, -0.2) is 0 Å². The maximum absolute atomic E-state index is 13.1. The fourth-order valence-electron chi connectivity index (χ4n) is 5.93. The van der Waals surface area contributed by atoms with Gasteiger partial charge in [-0.05, 0) is 86.8 Å². The van der Waals surface area contributed by atoms with Gasteiger partial charge in [-0.3, -0.25) is 9.78 Å². The summed E-state index contributed by atoms with van der Waals surface area (Å²) < 4.78 is 18.0. The highest BCUT2D eigenvalue weighted by Gasteiger charge is 2.36. The normalized spacial score (nSPS) is 17.4. The van der Waals surface area contributed by atoms with Crippen LogP contribution in [0.4, 0.5) is 0 Å². The Morgan fingerprint density at radius 2 is 1.63 bits per heavy atom. The van der Waals surface area contributed by atoms with Crippen LogP contribution in [0, 0.1) is 0 Å². The van der Waals surface area contributed by atoms with E-state index in [1.807, 2.05) is 48.7 Å². The summed E-state index contributed by atoms with van der Waals surface area (Å²) in [5, 5.41) is 50.6. The van der Waals surface area contributed by atoms with Gasteiger partial charge < -0.3 is 44.6 Å². The molecule has 2 fully saturated rings. The van der Waals surface area contributed by atoms with Gasteiger partial charge in [-0.15, -0.1) is 0 Å². The number of ether oxygens (including phenoxy) is 3. The Bertz CT molecular complexity index is 1590. The van der Waals surface area contributed by atoms with E-state index in [2.05, 4.69) is 4.98 Å². The fourth-order valence-corrected chi connectivity index (χ4v) is 6.48. The Morgan fingerprint density at radius 3 is 2.33 bits per heavy atom. The maximum atomic E-state index is 13.1. The largest absolute Gasteiger partial charge is 0.490 e. The molecule has 1 unspecified atom stereocenters. The molecule has 5 rings (SSSR count). The number of hydrogen-bond donors (Lipinski definition) is 5. The molecule has 3 aromatic rings. The molecule has 0 spiro atoms. The van der Waals surface area contributed by atoms with E-state index in [-0.39, 0.29) is 25.3 Å². The highest BCUT2D eigenvalue weighted by atomic mass is 35.5. The number of carbonyl (C=O) groups excluding carboxylic acids is 1. The standard InChI is InChI=1S/C38H48Cl2N2O9/c1-49-18-6-17-42(38(48)36(47)35(46)34(45)32(44)22-43)16-5-4-7-23-19-31(40)28(20-30(23)39)37(51-25-12-13-25)29-21-41-15-14-26(29)27-8-2-3-9-33(27)50-24-10-11-24/h2-3,8-9,14-15,19-21,24-25,32,34-37,43-47H,4-7,10-13,16-18,22H2,1H3/t32-,34+,35-,36-,37?/m0/s1. The van der Waals surface area contributed by atoms with Crippen molar-refractivity contribution in [2.24, 2.45) is 0 Å². The molecule has 1 heterocycles. The van der Waals surface area contributed by atoms with E-state index in [1.54, 1.807) is 6.20 Å². The lowest BCUT2D eigenvalue weighted by Crippen LogP contribution is -2.53. The number of pyridine rings is 1. The third kappa shape index (κ3) is 10.6. The molecule has 1 aromatic heterocycles. The Labute approximate surface area is 308 Å². The van der Waals surface area contributed by atoms with Crippen LogP contribution in [0.2, 0.25) is 10.0 Å². The molecular formula is C38H48Cl2N2O9. The average Bonchev–Trinajstić information content (AvgIpc) is 4.09. The molecule has 5 atom stereocenters. The van der Waals surface area contributed by atoms with Gasteiger partial charge in [0.2, 0.25) is 0 Å². The second-order valence-corrected chi connectivity index (χ2v) is 14.1. The van der Waals surface area contributed by atoms with Gasteiger partial charge in [0, 0.05) is 65.9 Å². The number of unbranched alkanes of at least 4 members (excludes halogenated alkanes) is 1. The molecule has 2 aromatic carbocycles. The van der Waals surface area contributed by atoms with Crippen molar-refractivity contribution in [3.8, 4) is 16.9 Å². The van der Waals surface area contributed by atoms with Crippen LogP contribution in [0.15, 0.2) is 54.9 Å². The first kappa shape index (κ1) is 39.4. The van der Waals surface area contributed by atoms with Gasteiger partial charge in [-0.2, -0.15) is 0 Å². The van der Waals surface area contributed by atoms with Crippen LogP contribution in [0.25, 0.3) is 11.1 Å². The number of hydrogen-bond acceptors (Lipinski definition) is 10. The van der Waals surface area contributed by atoms with E-state index in [0.717, 1.165) is 59.3 Å². The summed E-state index contributed by atoms with van der Waals surface area (Å²) in [7, 11) is 1.54. The molecule has 51 heavy (non-hydrogen) atoms. The lowest BCUT2D eigenvalue weighted by Gasteiger charge is -2.30. The van der Waals surface area contributed by atoms with E-state index in [1.165, 1.54) is 12.0 Å². The summed E-state index contributed by atoms with van der Waals surface area (Å²) in [6.07, 6.45) is 2.05. The van der Waals surface area contributed by atoms with E-state index in [0.29, 0.717) is 42.3 Å². The highest BCUT2D eigenvalue weighted by Crippen LogP contribution is 2.44. The summed E-state index contributed by atoms with van der Waals surface area (Å²) in [6, 6.07) is 13.7. The Balaban J connectivity index is 1.29. The number of rotatable bonds is 21. The molecule has 278 valence electrons. The van der Waals surface area contributed by atoms with E-state index < -0.39 is 43.0 Å². The van der Waals surface area contributed by atoms with E-state index in [4.69, 9.17) is 42.5 Å². The van der Waals surface area contributed by atoms with Crippen molar-refractivity contribution in [1.29, 1.82) is 0 Å². The van der Waals surface area contributed by atoms with Crippen molar-refractivity contribution in [2.45, 2.75) is 94.1 Å². The van der Waals surface area contributed by atoms with Gasteiger partial charge >= 0.3 is 0 Å². The number of aliphatic hydroxyl groups excluding tert-OH is 5. The average molecular weight is 748 g/mol. The van der Waals surface area contributed by atoms with Crippen LogP contribution < -0.4 is 4.74 Å². The Hall–Kier alpha value is -2.84.